The highest BCUT2D eigenvalue weighted by atomic mass is 32.2. The fourth-order valence-corrected chi connectivity index (χ4v) is 3.00. The van der Waals surface area contributed by atoms with E-state index in [4.69, 9.17) is 10.5 Å². The van der Waals surface area contributed by atoms with Gasteiger partial charge in [-0.15, -0.1) is 10.2 Å². The maximum atomic E-state index is 11.6. The second-order valence-electron chi connectivity index (χ2n) is 3.84. The van der Waals surface area contributed by atoms with Crippen LogP contribution in [0.15, 0.2) is 0 Å². The van der Waals surface area contributed by atoms with E-state index in [0.717, 1.165) is 30.2 Å². The van der Waals surface area contributed by atoms with Crippen molar-refractivity contribution >= 4 is 34.1 Å². The summed E-state index contributed by atoms with van der Waals surface area (Å²) in [4.78, 5) is 11.6. The van der Waals surface area contributed by atoms with Gasteiger partial charge in [-0.05, 0) is 12.8 Å². The van der Waals surface area contributed by atoms with Crippen molar-refractivity contribution < 1.29 is 9.53 Å². The van der Waals surface area contributed by atoms with Crippen LogP contribution in [0, 0.1) is 0 Å². The van der Waals surface area contributed by atoms with Crippen molar-refractivity contribution in [1.29, 1.82) is 0 Å². The molecule has 0 radical (unpaired) electrons. The van der Waals surface area contributed by atoms with E-state index in [1.165, 1.54) is 23.1 Å². The number of ether oxygens (including phenoxy) is 1. The van der Waals surface area contributed by atoms with Crippen LogP contribution in [-0.4, -0.2) is 40.8 Å². The summed E-state index contributed by atoms with van der Waals surface area (Å²) in [6, 6.07) is 0. The van der Waals surface area contributed by atoms with Crippen LogP contribution in [0.5, 0.6) is 0 Å². The van der Waals surface area contributed by atoms with Crippen molar-refractivity contribution in [1.82, 2.24) is 10.2 Å². The van der Waals surface area contributed by atoms with Crippen LogP contribution < -0.4 is 11.1 Å². The zero-order chi connectivity index (χ0) is 12.8. The van der Waals surface area contributed by atoms with Gasteiger partial charge in [0.05, 0.1) is 5.75 Å². The summed E-state index contributed by atoms with van der Waals surface area (Å²) in [7, 11) is 0. The highest BCUT2D eigenvalue weighted by Crippen LogP contribution is 2.31. The van der Waals surface area contributed by atoms with E-state index in [2.05, 4.69) is 15.5 Å². The summed E-state index contributed by atoms with van der Waals surface area (Å²) < 4.78 is 5.51. The molecular formula is C10H16N4O2S2. The molecule has 2 rings (SSSR count). The molecule has 8 heteroatoms. The number of carbonyl (C=O) groups excluding carboxylic acids is 1. The third kappa shape index (κ3) is 3.91. The molecule has 1 aliphatic rings. The molecule has 1 saturated heterocycles. The summed E-state index contributed by atoms with van der Waals surface area (Å²) in [6.07, 6.45) is 2.09. The molecule has 0 saturated carbocycles. The topological polar surface area (TPSA) is 90.1 Å². The van der Waals surface area contributed by atoms with Gasteiger partial charge >= 0.3 is 0 Å². The number of anilines is 1. The Morgan fingerprint density at radius 1 is 1.61 bits per heavy atom. The minimum atomic E-state index is -0.0662. The van der Waals surface area contributed by atoms with Gasteiger partial charge in [0.25, 0.3) is 0 Å². The van der Waals surface area contributed by atoms with E-state index in [1.807, 2.05) is 0 Å². The molecule has 0 aromatic carbocycles. The number of carbonyl (C=O) groups is 1. The highest BCUT2D eigenvalue weighted by molar-refractivity contribution is 7.99. The lowest BCUT2D eigenvalue weighted by Gasteiger charge is -2.02. The Hall–Kier alpha value is -0.700. The maximum absolute atomic E-state index is 11.6. The first-order valence-electron chi connectivity index (χ1n) is 5.82. The van der Waals surface area contributed by atoms with Gasteiger partial charge < -0.3 is 10.5 Å². The zero-order valence-electron chi connectivity index (χ0n) is 9.92. The lowest BCUT2D eigenvalue weighted by Crippen LogP contribution is -2.15. The second-order valence-corrected chi connectivity index (χ2v) is 5.95. The molecular weight excluding hydrogens is 272 g/mol. The van der Waals surface area contributed by atoms with Crippen LogP contribution in [-0.2, 0) is 9.53 Å². The van der Waals surface area contributed by atoms with E-state index in [0.29, 0.717) is 17.4 Å². The molecule has 6 nitrogen and oxygen atoms in total. The fourth-order valence-electron chi connectivity index (χ4n) is 1.59. The zero-order valence-corrected chi connectivity index (χ0v) is 11.6. The third-order valence-corrected chi connectivity index (χ3v) is 4.31. The first kappa shape index (κ1) is 13.7. The third-order valence-electron chi connectivity index (χ3n) is 2.39. The van der Waals surface area contributed by atoms with Gasteiger partial charge in [-0.1, -0.05) is 11.3 Å². The van der Waals surface area contributed by atoms with Crippen molar-refractivity contribution in [2.24, 2.45) is 5.73 Å². The number of nitrogens with two attached hydrogens (primary N) is 1. The van der Waals surface area contributed by atoms with Gasteiger partial charge in [0, 0.05) is 18.9 Å². The molecule has 0 bridgehead atoms. The summed E-state index contributed by atoms with van der Waals surface area (Å²) in [6.45, 7) is 1.36. The summed E-state index contributed by atoms with van der Waals surface area (Å²) in [5.74, 6) is 1.11. The van der Waals surface area contributed by atoms with E-state index in [9.17, 15) is 4.79 Å². The second kappa shape index (κ2) is 7.03. The van der Waals surface area contributed by atoms with E-state index < -0.39 is 0 Å². The molecule has 18 heavy (non-hydrogen) atoms. The SMILES string of the molecule is NCCSCC(=O)Nc1nnc(C2CCCO2)s1. The predicted molar refractivity (Wildman–Crippen MR) is 72.8 cm³/mol. The number of nitrogens with one attached hydrogen (secondary N) is 1. The average Bonchev–Trinajstić information content (AvgIpc) is 2.98. The smallest absolute Gasteiger partial charge is 0.236 e. The van der Waals surface area contributed by atoms with Gasteiger partial charge in [-0.3, -0.25) is 10.1 Å². The Morgan fingerprint density at radius 2 is 2.50 bits per heavy atom. The molecule has 1 unspecified atom stereocenters. The van der Waals surface area contributed by atoms with Crippen LogP contribution in [0.3, 0.4) is 0 Å². The van der Waals surface area contributed by atoms with E-state index >= 15 is 0 Å². The molecule has 0 spiro atoms. The largest absolute Gasteiger partial charge is 0.371 e. The Morgan fingerprint density at radius 3 is 3.22 bits per heavy atom. The minimum absolute atomic E-state index is 0.0553. The minimum Gasteiger partial charge on any atom is -0.371 e. The monoisotopic (exact) mass is 288 g/mol. The maximum Gasteiger partial charge on any atom is 0.236 e. The van der Waals surface area contributed by atoms with E-state index in [-0.39, 0.29) is 12.0 Å². The number of aromatic nitrogens is 2. The van der Waals surface area contributed by atoms with Gasteiger partial charge in [-0.25, -0.2) is 0 Å². The van der Waals surface area contributed by atoms with E-state index in [1.54, 1.807) is 0 Å². The molecule has 1 fully saturated rings. The van der Waals surface area contributed by atoms with Crippen molar-refractivity contribution in [3.8, 4) is 0 Å². The van der Waals surface area contributed by atoms with Gasteiger partial charge in [0.2, 0.25) is 11.0 Å². The number of amides is 1. The lowest BCUT2D eigenvalue weighted by molar-refractivity contribution is -0.113. The van der Waals surface area contributed by atoms with Crippen molar-refractivity contribution in [2.45, 2.75) is 18.9 Å². The molecule has 1 aromatic heterocycles. The number of rotatable bonds is 6. The van der Waals surface area contributed by atoms with Crippen LogP contribution >= 0.6 is 23.1 Å². The Balaban J connectivity index is 1.80. The molecule has 3 N–H and O–H groups in total. The molecule has 0 aliphatic carbocycles. The summed E-state index contributed by atoms with van der Waals surface area (Å²) in [5, 5.41) is 12.1. The number of nitrogens with zero attached hydrogens (tertiary/aromatic N) is 2. The number of thioether (sulfide) groups is 1. The molecule has 1 atom stereocenters. The van der Waals surface area contributed by atoms with Crippen molar-refractivity contribution in [2.75, 3.05) is 30.0 Å². The van der Waals surface area contributed by atoms with Crippen LogP contribution in [0.1, 0.15) is 24.0 Å². The molecule has 1 aliphatic heterocycles. The number of hydrogen-bond donors (Lipinski definition) is 2. The summed E-state index contributed by atoms with van der Waals surface area (Å²) >= 11 is 2.89. The van der Waals surface area contributed by atoms with Crippen LogP contribution in [0.25, 0.3) is 0 Å². The van der Waals surface area contributed by atoms with Gasteiger partial charge in [0.15, 0.2) is 0 Å². The first-order valence-corrected chi connectivity index (χ1v) is 7.79. The molecule has 2 heterocycles. The lowest BCUT2D eigenvalue weighted by atomic mass is 10.2. The predicted octanol–water partition coefficient (Wildman–Crippen LogP) is 1.02. The quantitative estimate of drug-likeness (QED) is 0.760. The van der Waals surface area contributed by atoms with Crippen molar-refractivity contribution in [3.05, 3.63) is 5.01 Å². The molecule has 1 amide bonds. The van der Waals surface area contributed by atoms with Crippen LogP contribution in [0.4, 0.5) is 5.13 Å². The first-order chi connectivity index (χ1) is 8.79. The highest BCUT2D eigenvalue weighted by Gasteiger charge is 2.22. The molecule has 100 valence electrons. The number of hydrogen-bond acceptors (Lipinski definition) is 7. The van der Waals surface area contributed by atoms with Gasteiger partial charge in [-0.2, -0.15) is 11.8 Å². The van der Waals surface area contributed by atoms with Crippen LogP contribution in [0.2, 0.25) is 0 Å². The molecule has 1 aromatic rings. The Labute approximate surface area is 114 Å². The normalized spacial score (nSPS) is 19.1. The fraction of sp³-hybridized carbons (Fsp3) is 0.700. The van der Waals surface area contributed by atoms with Gasteiger partial charge in [0.1, 0.15) is 11.1 Å². The van der Waals surface area contributed by atoms with Crippen molar-refractivity contribution in [3.63, 3.8) is 0 Å². The Kier molecular flexibility index (Phi) is 5.36. The average molecular weight is 288 g/mol. The summed E-state index contributed by atoms with van der Waals surface area (Å²) in [5.41, 5.74) is 5.35. The standard InChI is InChI=1S/C10H16N4O2S2/c11-3-5-17-6-8(15)12-10-14-13-9(18-10)7-2-1-4-16-7/h7H,1-6,11H2,(H,12,14,15). The Bertz CT molecular complexity index is 393.